The first-order chi connectivity index (χ1) is 23.8. The second-order valence-corrected chi connectivity index (χ2v) is 12.6. The molecule has 0 saturated carbocycles. The van der Waals surface area contributed by atoms with Gasteiger partial charge in [0.15, 0.2) is 0 Å². The molecule has 10 aromatic rings. The van der Waals surface area contributed by atoms with Crippen molar-refractivity contribution in [1.29, 1.82) is 0 Å². The molecule has 0 aliphatic rings. The van der Waals surface area contributed by atoms with Crippen LogP contribution in [0.3, 0.4) is 0 Å². The Morgan fingerprint density at radius 3 is 1.77 bits per heavy atom. The number of rotatable bonds is 3. The molecular formula is C46H28N2. The molecular weight excluding hydrogens is 581 g/mol. The van der Waals surface area contributed by atoms with Crippen molar-refractivity contribution in [2.75, 3.05) is 0 Å². The standard InChI is InChI=1S/C46H28N2/c1-2-10-33(11-3-1)45-46(37-19-14-29-8-4-5-12-34(29)26-37)47-42-25-22-36(28-43(42)48-45)35-18-16-31-15-17-32-21-23-39-38-13-7-6-9-30(38)20-24-40(39)44(32)41(31)27-35/h1-28H. The van der Waals surface area contributed by atoms with E-state index in [-0.39, 0.29) is 0 Å². The van der Waals surface area contributed by atoms with Crippen LogP contribution >= 0.6 is 0 Å². The normalized spacial score (nSPS) is 11.8. The molecule has 0 bridgehead atoms. The van der Waals surface area contributed by atoms with Crippen molar-refractivity contribution in [3.8, 4) is 33.6 Å². The average Bonchev–Trinajstić information content (AvgIpc) is 3.16. The van der Waals surface area contributed by atoms with Crippen LogP contribution in [0, 0.1) is 0 Å². The van der Waals surface area contributed by atoms with Crippen molar-refractivity contribution < 1.29 is 0 Å². The quantitative estimate of drug-likeness (QED) is 0.187. The zero-order valence-electron chi connectivity index (χ0n) is 26.1. The second-order valence-electron chi connectivity index (χ2n) is 12.6. The van der Waals surface area contributed by atoms with Gasteiger partial charge in [-0.25, -0.2) is 9.97 Å². The van der Waals surface area contributed by atoms with E-state index in [1.54, 1.807) is 0 Å². The molecule has 0 aliphatic carbocycles. The maximum Gasteiger partial charge on any atom is 0.0973 e. The average molecular weight is 609 g/mol. The summed E-state index contributed by atoms with van der Waals surface area (Å²) in [6.07, 6.45) is 0. The molecule has 1 heterocycles. The first-order valence-corrected chi connectivity index (χ1v) is 16.4. The van der Waals surface area contributed by atoms with Gasteiger partial charge in [-0.1, -0.05) is 146 Å². The lowest BCUT2D eigenvalue weighted by atomic mass is 9.92. The molecule has 10 rings (SSSR count). The molecule has 0 atom stereocenters. The molecule has 2 nitrogen and oxygen atoms in total. The van der Waals surface area contributed by atoms with Crippen LogP contribution in [0.5, 0.6) is 0 Å². The van der Waals surface area contributed by atoms with Gasteiger partial charge in [0.2, 0.25) is 0 Å². The summed E-state index contributed by atoms with van der Waals surface area (Å²) in [5, 5.41) is 12.6. The summed E-state index contributed by atoms with van der Waals surface area (Å²) in [6.45, 7) is 0. The summed E-state index contributed by atoms with van der Waals surface area (Å²) < 4.78 is 0. The van der Waals surface area contributed by atoms with Crippen LogP contribution in [0.4, 0.5) is 0 Å². The molecule has 2 heteroatoms. The Morgan fingerprint density at radius 2 is 0.854 bits per heavy atom. The van der Waals surface area contributed by atoms with E-state index in [1.807, 2.05) is 6.07 Å². The maximum atomic E-state index is 5.31. The Kier molecular flexibility index (Phi) is 5.91. The molecule has 1 aromatic heterocycles. The van der Waals surface area contributed by atoms with E-state index >= 15 is 0 Å². The summed E-state index contributed by atoms with van der Waals surface area (Å²) in [5.74, 6) is 0. The van der Waals surface area contributed by atoms with E-state index < -0.39 is 0 Å². The number of hydrogen-bond donors (Lipinski definition) is 0. The van der Waals surface area contributed by atoms with Crippen LogP contribution < -0.4 is 0 Å². The Balaban J connectivity index is 1.17. The van der Waals surface area contributed by atoms with E-state index in [9.17, 15) is 0 Å². The minimum Gasteiger partial charge on any atom is -0.244 e. The molecule has 0 aliphatic heterocycles. The summed E-state index contributed by atoms with van der Waals surface area (Å²) in [7, 11) is 0. The highest BCUT2D eigenvalue weighted by Crippen LogP contribution is 2.38. The summed E-state index contributed by atoms with van der Waals surface area (Å²) in [6, 6.07) is 60.9. The lowest BCUT2D eigenvalue weighted by Gasteiger charge is -2.13. The predicted octanol–water partition coefficient (Wildman–Crippen LogP) is 12.4. The first-order valence-electron chi connectivity index (χ1n) is 16.4. The third-order valence-corrected chi connectivity index (χ3v) is 9.79. The molecule has 0 radical (unpaired) electrons. The molecule has 0 N–H and O–H groups in total. The van der Waals surface area contributed by atoms with Gasteiger partial charge in [0.25, 0.3) is 0 Å². The number of fused-ring (bicyclic) bond motifs is 9. The van der Waals surface area contributed by atoms with Crippen LogP contribution in [0.25, 0.3) is 98.5 Å². The third kappa shape index (κ3) is 4.27. The fourth-order valence-corrected chi connectivity index (χ4v) is 7.39. The Bertz CT molecular complexity index is 2890. The van der Waals surface area contributed by atoms with Gasteiger partial charge in [0.1, 0.15) is 0 Å². The van der Waals surface area contributed by atoms with Crippen molar-refractivity contribution in [3.63, 3.8) is 0 Å². The number of nitrogens with zero attached hydrogens (tertiary/aromatic N) is 2. The molecule has 0 saturated heterocycles. The van der Waals surface area contributed by atoms with Gasteiger partial charge in [0, 0.05) is 11.1 Å². The van der Waals surface area contributed by atoms with Gasteiger partial charge in [-0.05, 0) is 89.3 Å². The van der Waals surface area contributed by atoms with Gasteiger partial charge < -0.3 is 0 Å². The lowest BCUT2D eigenvalue weighted by Crippen LogP contribution is -1.96. The fourth-order valence-electron chi connectivity index (χ4n) is 7.39. The summed E-state index contributed by atoms with van der Waals surface area (Å²) in [5.41, 5.74) is 7.94. The summed E-state index contributed by atoms with van der Waals surface area (Å²) in [4.78, 5) is 10.6. The van der Waals surface area contributed by atoms with Crippen LogP contribution in [-0.2, 0) is 0 Å². The minimum atomic E-state index is 0.880. The van der Waals surface area contributed by atoms with Crippen molar-refractivity contribution in [2.24, 2.45) is 0 Å². The highest BCUT2D eigenvalue weighted by molar-refractivity contribution is 6.25. The molecule has 9 aromatic carbocycles. The number of aromatic nitrogens is 2. The fraction of sp³-hybridized carbons (Fsp3) is 0. The number of hydrogen-bond acceptors (Lipinski definition) is 2. The minimum absolute atomic E-state index is 0.880. The van der Waals surface area contributed by atoms with Crippen molar-refractivity contribution in [2.45, 2.75) is 0 Å². The SMILES string of the molecule is c1ccc(-c2nc3cc(-c4ccc5ccc6ccc7c8ccccc8ccc7c6c5c4)ccc3nc2-c2ccc3ccccc3c2)cc1. The van der Waals surface area contributed by atoms with Crippen LogP contribution in [-0.4, -0.2) is 9.97 Å². The summed E-state index contributed by atoms with van der Waals surface area (Å²) >= 11 is 0. The van der Waals surface area contributed by atoms with Gasteiger partial charge in [0.05, 0.1) is 22.4 Å². The van der Waals surface area contributed by atoms with Crippen molar-refractivity contribution in [1.82, 2.24) is 9.97 Å². The molecule has 0 spiro atoms. The number of benzene rings is 9. The van der Waals surface area contributed by atoms with Crippen LogP contribution in [0.2, 0.25) is 0 Å². The topological polar surface area (TPSA) is 25.8 Å². The third-order valence-electron chi connectivity index (χ3n) is 9.79. The molecule has 48 heavy (non-hydrogen) atoms. The molecule has 222 valence electrons. The van der Waals surface area contributed by atoms with Gasteiger partial charge in [-0.3, -0.25) is 0 Å². The highest BCUT2D eigenvalue weighted by Gasteiger charge is 2.15. The Hall–Kier alpha value is -6.38. The molecule has 0 unspecified atom stereocenters. The second kappa shape index (κ2) is 10.6. The van der Waals surface area contributed by atoms with E-state index in [0.29, 0.717) is 0 Å². The first kappa shape index (κ1) is 26.8. The predicted molar refractivity (Wildman–Crippen MR) is 203 cm³/mol. The van der Waals surface area contributed by atoms with Crippen molar-refractivity contribution >= 4 is 64.9 Å². The zero-order valence-corrected chi connectivity index (χ0v) is 26.1. The molecule has 0 fully saturated rings. The highest BCUT2D eigenvalue weighted by atomic mass is 14.8. The van der Waals surface area contributed by atoms with E-state index in [2.05, 4.69) is 164 Å². The zero-order chi connectivity index (χ0) is 31.6. The Morgan fingerprint density at radius 1 is 0.271 bits per heavy atom. The lowest BCUT2D eigenvalue weighted by molar-refractivity contribution is 1.29. The van der Waals surface area contributed by atoms with E-state index in [4.69, 9.17) is 9.97 Å². The van der Waals surface area contributed by atoms with Gasteiger partial charge >= 0.3 is 0 Å². The van der Waals surface area contributed by atoms with E-state index in [1.165, 1.54) is 53.9 Å². The maximum absolute atomic E-state index is 5.31. The molecule has 0 amide bonds. The largest absolute Gasteiger partial charge is 0.244 e. The smallest absolute Gasteiger partial charge is 0.0973 e. The van der Waals surface area contributed by atoms with Crippen LogP contribution in [0.1, 0.15) is 0 Å². The Labute approximate surface area is 277 Å². The van der Waals surface area contributed by atoms with Gasteiger partial charge in [-0.2, -0.15) is 0 Å². The van der Waals surface area contributed by atoms with Gasteiger partial charge in [-0.15, -0.1) is 0 Å². The van der Waals surface area contributed by atoms with Crippen molar-refractivity contribution in [3.05, 3.63) is 170 Å². The van der Waals surface area contributed by atoms with Crippen LogP contribution in [0.15, 0.2) is 170 Å². The van der Waals surface area contributed by atoms with E-state index in [0.717, 1.165) is 44.7 Å². The monoisotopic (exact) mass is 608 g/mol.